The smallest absolute Gasteiger partial charge is 0.414 e. The van der Waals surface area contributed by atoms with E-state index >= 15 is 0 Å². The standard InChI is InChI=1S/C15H13FN2O2/c16-14-7-6-13-12(17-14)8-9-18(13)15(19)20-10-11-4-2-1-3-5-11/h1-7H,8-10H2. The second-order valence-electron chi connectivity index (χ2n) is 4.54. The van der Waals surface area contributed by atoms with Crippen molar-refractivity contribution in [2.75, 3.05) is 11.4 Å². The van der Waals surface area contributed by atoms with Crippen LogP contribution in [-0.2, 0) is 17.8 Å². The first-order valence-electron chi connectivity index (χ1n) is 6.38. The summed E-state index contributed by atoms with van der Waals surface area (Å²) in [5, 5.41) is 0. The molecule has 0 unspecified atom stereocenters. The maximum absolute atomic E-state index is 13.0. The highest BCUT2D eigenvalue weighted by Crippen LogP contribution is 2.27. The number of aromatic nitrogens is 1. The fourth-order valence-electron chi connectivity index (χ4n) is 2.22. The van der Waals surface area contributed by atoms with Crippen molar-refractivity contribution >= 4 is 11.8 Å². The van der Waals surface area contributed by atoms with Crippen molar-refractivity contribution in [2.24, 2.45) is 0 Å². The van der Waals surface area contributed by atoms with Crippen LogP contribution in [0.5, 0.6) is 0 Å². The van der Waals surface area contributed by atoms with Crippen LogP contribution in [0.25, 0.3) is 0 Å². The number of hydrogen-bond acceptors (Lipinski definition) is 3. The van der Waals surface area contributed by atoms with Gasteiger partial charge in [0.25, 0.3) is 0 Å². The third-order valence-electron chi connectivity index (χ3n) is 3.20. The van der Waals surface area contributed by atoms with Crippen LogP contribution in [0.1, 0.15) is 11.3 Å². The Kier molecular flexibility index (Phi) is 3.33. The number of carbonyl (C=O) groups excluding carboxylic acids is 1. The topological polar surface area (TPSA) is 42.4 Å². The molecule has 0 spiro atoms. The van der Waals surface area contributed by atoms with E-state index in [0.717, 1.165) is 5.56 Å². The second-order valence-corrected chi connectivity index (χ2v) is 4.54. The highest BCUT2D eigenvalue weighted by molar-refractivity contribution is 5.89. The Hall–Kier alpha value is -2.43. The van der Waals surface area contributed by atoms with E-state index in [2.05, 4.69) is 4.98 Å². The zero-order valence-electron chi connectivity index (χ0n) is 10.8. The summed E-state index contributed by atoms with van der Waals surface area (Å²) in [4.78, 5) is 17.3. The van der Waals surface area contributed by atoms with Crippen molar-refractivity contribution in [3.05, 3.63) is 59.7 Å². The molecule has 0 bridgehead atoms. The van der Waals surface area contributed by atoms with E-state index in [4.69, 9.17) is 4.74 Å². The molecule has 5 heteroatoms. The van der Waals surface area contributed by atoms with Gasteiger partial charge in [0.2, 0.25) is 5.95 Å². The average molecular weight is 272 g/mol. The van der Waals surface area contributed by atoms with Crippen LogP contribution in [0.2, 0.25) is 0 Å². The summed E-state index contributed by atoms with van der Waals surface area (Å²) in [6, 6.07) is 12.3. The molecular formula is C15H13FN2O2. The number of hydrogen-bond donors (Lipinski definition) is 0. The van der Waals surface area contributed by atoms with Crippen molar-refractivity contribution in [1.29, 1.82) is 0 Å². The van der Waals surface area contributed by atoms with Crippen molar-refractivity contribution in [3.63, 3.8) is 0 Å². The van der Waals surface area contributed by atoms with Gasteiger partial charge in [-0.3, -0.25) is 4.90 Å². The van der Waals surface area contributed by atoms with Crippen LogP contribution in [0.15, 0.2) is 42.5 Å². The van der Waals surface area contributed by atoms with Crippen LogP contribution in [0, 0.1) is 5.95 Å². The summed E-state index contributed by atoms with van der Waals surface area (Å²) in [6.45, 7) is 0.694. The third-order valence-corrected chi connectivity index (χ3v) is 3.20. The van der Waals surface area contributed by atoms with Gasteiger partial charge >= 0.3 is 6.09 Å². The molecule has 1 aliphatic heterocycles. The van der Waals surface area contributed by atoms with Gasteiger partial charge in [0.15, 0.2) is 0 Å². The number of anilines is 1. The van der Waals surface area contributed by atoms with Crippen molar-refractivity contribution in [1.82, 2.24) is 4.98 Å². The van der Waals surface area contributed by atoms with Gasteiger partial charge in [-0.25, -0.2) is 9.78 Å². The summed E-state index contributed by atoms with van der Waals surface area (Å²) in [6.07, 6.45) is 0.120. The van der Waals surface area contributed by atoms with Crippen molar-refractivity contribution in [2.45, 2.75) is 13.0 Å². The molecule has 1 amide bonds. The minimum atomic E-state index is -0.525. The number of nitrogens with zero attached hydrogens (tertiary/aromatic N) is 2. The lowest BCUT2D eigenvalue weighted by molar-refractivity contribution is 0.147. The molecule has 0 saturated heterocycles. The largest absolute Gasteiger partial charge is 0.444 e. The van der Waals surface area contributed by atoms with Crippen molar-refractivity contribution < 1.29 is 13.9 Å². The molecule has 0 saturated carbocycles. The van der Waals surface area contributed by atoms with E-state index in [1.807, 2.05) is 30.3 Å². The van der Waals surface area contributed by atoms with Crippen LogP contribution in [-0.4, -0.2) is 17.6 Å². The lowest BCUT2D eigenvalue weighted by Crippen LogP contribution is -2.29. The predicted molar refractivity (Wildman–Crippen MR) is 71.9 cm³/mol. The highest BCUT2D eigenvalue weighted by Gasteiger charge is 2.27. The summed E-state index contributed by atoms with van der Waals surface area (Å²) in [7, 11) is 0. The Balaban J connectivity index is 1.68. The molecule has 0 N–H and O–H groups in total. The number of amides is 1. The molecule has 4 nitrogen and oxygen atoms in total. The minimum absolute atomic E-state index is 0.222. The molecule has 1 aromatic carbocycles. The summed E-state index contributed by atoms with van der Waals surface area (Å²) in [5.74, 6) is -0.525. The van der Waals surface area contributed by atoms with Crippen LogP contribution in [0.4, 0.5) is 14.9 Å². The fourth-order valence-corrected chi connectivity index (χ4v) is 2.22. The molecule has 0 aliphatic carbocycles. The average Bonchev–Trinajstić information content (AvgIpc) is 2.89. The summed E-state index contributed by atoms with van der Waals surface area (Å²) < 4.78 is 18.3. The maximum atomic E-state index is 13.0. The van der Waals surface area contributed by atoms with Gasteiger partial charge in [-0.05, 0) is 17.7 Å². The van der Waals surface area contributed by atoms with Gasteiger partial charge in [0.05, 0.1) is 11.4 Å². The molecular weight excluding hydrogens is 259 g/mol. The van der Waals surface area contributed by atoms with E-state index < -0.39 is 12.0 Å². The first-order chi connectivity index (χ1) is 9.74. The van der Waals surface area contributed by atoms with E-state index in [1.54, 1.807) is 6.07 Å². The molecule has 0 fully saturated rings. The number of benzene rings is 1. The summed E-state index contributed by atoms with van der Waals surface area (Å²) >= 11 is 0. The van der Waals surface area contributed by atoms with E-state index in [1.165, 1.54) is 11.0 Å². The van der Waals surface area contributed by atoms with Gasteiger partial charge in [-0.1, -0.05) is 30.3 Å². The van der Waals surface area contributed by atoms with E-state index in [9.17, 15) is 9.18 Å². The fraction of sp³-hybridized carbons (Fsp3) is 0.200. The Morgan fingerprint density at radius 3 is 2.85 bits per heavy atom. The Morgan fingerprint density at radius 2 is 2.05 bits per heavy atom. The number of halogens is 1. The number of carbonyl (C=O) groups is 1. The zero-order chi connectivity index (χ0) is 13.9. The third kappa shape index (κ3) is 2.47. The zero-order valence-corrected chi connectivity index (χ0v) is 10.8. The molecule has 2 heterocycles. The molecule has 2 aromatic rings. The Labute approximate surface area is 115 Å². The first kappa shape index (κ1) is 12.6. The van der Waals surface area contributed by atoms with Crippen LogP contribution in [0.3, 0.4) is 0 Å². The number of fused-ring (bicyclic) bond motifs is 1. The predicted octanol–water partition coefficient (Wildman–Crippen LogP) is 2.92. The minimum Gasteiger partial charge on any atom is -0.444 e. The lowest BCUT2D eigenvalue weighted by Gasteiger charge is -2.16. The number of ether oxygens (including phenoxy) is 1. The van der Waals surface area contributed by atoms with E-state index in [-0.39, 0.29) is 6.61 Å². The Morgan fingerprint density at radius 1 is 1.25 bits per heavy atom. The van der Waals surface area contributed by atoms with Gasteiger partial charge in [-0.15, -0.1) is 0 Å². The second kappa shape index (κ2) is 5.28. The van der Waals surface area contributed by atoms with E-state index in [0.29, 0.717) is 24.3 Å². The van der Waals surface area contributed by atoms with Crippen LogP contribution >= 0.6 is 0 Å². The molecule has 0 atom stereocenters. The molecule has 1 aliphatic rings. The molecule has 0 radical (unpaired) electrons. The normalized spacial score (nSPS) is 13.2. The monoisotopic (exact) mass is 272 g/mol. The molecule has 102 valence electrons. The first-order valence-corrected chi connectivity index (χ1v) is 6.38. The lowest BCUT2D eigenvalue weighted by atomic mass is 10.2. The number of pyridine rings is 1. The van der Waals surface area contributed by atoms with Crippen LogP contribution < -0.4 is 4.90 Å². The molecule has 20 heavy (non-hydrogen) atoms. The quantitative estimate of drug-likeness (QED) is 0.789. The molecule has 3 rings (SSSR count). The Bertz CT molecular complexity index is 631. The molecule has 1 aromatic heterocycles. The van der Waals surface area contributed by atoms with Gasteiger partial charge in [0.1, 0.15) is 6.61 Å². The van der Waals surface area contributed by atoms with Gasteiger partial charge in [-0.2, -0.15) is 4.39 Å². The summed E-state index contributed by atoms with van der Waals surface area (Å²) in [5.41, 5.74) is 2.16. The van der Waals surface area contributed by atoms with Gasteiger partial charge < -0.3 is 4.74 Å². The van der Waals surface area contributed by atoms with Gasteiger partial charge in [0, 0.05) is 13.0 Å². The maximum Gasteiger partial charge on any atom is 0.414 e. The number of rotatable bonds is 2. The highest BCUT2D eigenvalue weighted by atomic mass is 19.1. The van der Waals surface area contributed by atoms with Crippen molar-refractivity contribution in [3.8, 4) is 0 Å². The SMILES string of the molecule is O=C(OCc1ccccc1)N1CCc2nc(F)ccc21.